The molecule has 0 aliphatic heterocycles. The summed E-state index contributed by atoms with van der Waals surface area (Å²) in [5, 5.41) is 0. The van der Waals surface area contributed by atoms with Crippen molar-refractivity contribution in [1.82, 2.24) is 0 Å². The Morgan fingerprint density at radius 2 is 1.67 bits per heavy atom. The predicted octanol–water partition coefficient (Wildman–Crippen LogP) is 6.20. The zero-order chi connectivity index (χ0) is 13.0. The molecular weight excluding hydrogens is 216 g/mol. The summed E-state index contributed by atoms with van der Waals surface area (Å²) in [6, 6.07) is 0. The average Bonchev–Trinajstić information content (AvgIpc) is 2.40. The summed E-state index contributed by atoms with van der Waals surface area (Å²) in [6.45, 7) is 7.59. The largest absolute Gasteiger partial charge is 0.0654 e. The molecule has 0 spiro atoms. The maximum Gasteiger partial charge on any atom is -0.0269 e. The Labute approximate surface area is 115 Å². The third kappa shape index (κ3) is 2.94. The van der Waals surface area contributed by atoms with Crippen molar-refractivity contribution >= 4 is 0 Å². The van der Waals surface area contributed by atoms with Crippen LogP contribution in [0.5, 0.6) is 0 Å². The lowest BCUT2D eigenvalue weighted by atomic mass is 9.56. The molecule has 106 valence electrons. The molecule has 0 heteroatoms. The SMILES string of the molecule is CCCC(C1CCCCC1)C1(C)CCCCC1C. The first-order valence-electron chi connectivity index (χ1n) is 8.68. The lowest BCUT2D eigenvalue weighted by Gasteiger charge is -2.50. The van der Waals surface area contributed by atoms with Crippen LogP contribution in [0, 0.1) is 23.2 Å². The van der Waals surface area contributed by atoms with Gasteiger partial charge in [0.15, 0.2) is 0 Å². The van der Waals surface area contributed by atoms with Crippen molar-refractivity contribution in [1.29, 1.82) is 0 Å². The Balaban J connectivity index is 2.11. The van der Waals surface area contributed by atoms with E-state index in [2.05, 4.69) is 20.8 Å². The zero-order valence-electron chi connectivity index (χ0n) is 13.0. The van der Waals surface area contributed by atoms with Gasteiger partial charge in [0.25, 0.3) is 0 Å². The quantitative estimate of drug-likeness (QED) is 0.557. The second-order valence-electron chi connectivity index (χ2n) is 7.45. The maximum absolute atomic E-state index is 2.64. The van der Waals surface area contributed by atoms with Crippen molar-refractivity contribution in [3.05, 3.63) is 0 Å². The first kappa shape index (κ1) is 14.4. The first-order valence-corrected chi connectivity index (χ1v) is 8.68. The third-order valence-corrected chi connectivity index (χ3v) is 6.39. The van der Waals surface area contributed by atoms with Gasteiger partial charge in [-0.2, -0.15) is 0 Å². The molecule has 0 amide bonds. The zero-order valence-corrected chi connectivity index (χ0v) is 13.0. The Hall–Kier alpha value is 0. The van der Waals surface area contributed by atoms with Gasteiger partial charge in [-0.15, -0.1) is 0 Å². The summed E-state index contributed by atoms with van der Waals surface area (Å²) in [5.41, 5.74) is 0.663. The number of hydrogen-bond donors (Lipinski definition) is 0. The molecule has 0 aromatic carbocycles. The van der Waals surface area contributed by atoms with Gasteiger partial charge in [0.2, 0.25) is 0 Å². The molecule has 2 aliphatic carbocycles. The van der Waals surface area contributed by atoms with Crippen molar-refractivity contribution < 1.29 is 0 Å². The smallest absolute Gasteiger partial charge is 0.0269 e. The molecular formula is C18H34. The summed E-state index contributed by atoms with van der Waals surface area (Å²) < 4.78 is 0. The topological polar surface area (TPSA) is 0 Å². The van der Waals surface area contributed by atoms with Crippen LogP contribution in [0.4, 0.5) is 0 Å². The van der Waals surface area contributed by atoms with Crippen LogP contribution in [0.3, 0.4) is 0 Å². The Kier molecular flexibility index (Phi) is 5.15. The molecule has 0 nitrogen and oxygen atoms in total. The van der Waals surface area contributed by atoms with E-state index in [0.717, 1.165) is 17.8 Å². The summed E-state index contributed by atoms with van der Waals surface area (Å²) in [6.07, 6.45) is 16.5. The van der Waals surface area contributed by atoms with E-state index in [9.17, 15) is 0 Å². The van der Waals surface area contributed by atoms with Gasteiger partial charge in [-0.05, 0) is 36.0 Å². The van der Waals surface area contributed by atoms with E-state index in [-0.39, 0.29) is 0 Å². The molecule has 2 fully saturated rings. The molecule has 0 aromatic rings. The van der Waals surface area contributed by atoms with E-state index in [0.29, 0.717) is 5.41 Å². The van der Waals surface area contributed by atoms with Gasteiger partial charge in [-0.1, -0.05) is 78.6 Å². The molecule has 3 unspecified atom stereocenters. The Morgan fingerprint density at radius 1 is 1.00 bits per heavy atom. The van der Waals surface area contributed by atoms with Crippen LogP contribution in [0.2, 0.25) is 0 Å². The minimum absolute atomic E-state index is 0.663. The molecule has 0 bridgehead atoms. The molecule has 3 atom stereocenters. The number of hydrogen-bond acceptors (Lipinski definition) is 0. The Bertz CT molecular complexity index is 238. The fourth-order valence-corrected chi connectivity index (χ4v) is 5.03. The van der Waals surface area contributed by atoms with Gasteiger partial charge in [0.1, 0.15) is 0 Å². The van der Waals surface area contributed by atoms with Gasteiger partial charge >= 0.3 is 0 Å². The molecule has 2 saturated carbocycles. The highest BCUT2D eigenvalue weighted by molar-refractivity contribution is 4.93. The van der Waals surface area contributed by atoms with Crippen molar-refractivity contribution in [2.24, 2.45) is 23.2 Å². The molecule has 2 rings (SSSR count). The van der Waals surface area contributed by atoms with Crippen LogP contribution >= 0.6 is 0 Å². The van der Waals surface area contributed by atoms with Crippen LogP contribution in [0.15, 0.2) is 0 Å². The van der Waals surface area contributed by atoms with Crippen LogP contribution in [-0.2, 0) is 0 Å². The van der Waals surface area contributed by atoms with Crippen LogP contribution in [-0.4, -0.2) is 0 Å². The lowest BCUT2D eigenvalue weighted by Crippen LogP contribution is -2.41. The molecule has 0 heterocycles. The summed E-state index contributed by atoms with van der Waals surface area (Å²) in [4.78, 5) is 0. The second-order valence-corrected chi connectivity index (χ2v) is 7.45. The van der Waals surface area contributed by atoms with Crippen molar-refractivity contribution in [3.8, 4) is 0 Å². The average molecular weight is 250 g/mol. The molecule has 0 N–H and O–H groups in total. The predicted molar refractivity (Wildman–Crippen MR) is 80.7 cm³/mol. The van der Waals surface area contributed by atoms with Gasteiger partial charge in [-0.3, -0.25) is 0 Å². The Morgan fingerprint density at radius 3 is 2.28 bits per heavy atom. The normalized spacial score (nSPS) is 36.5. The minimum atomic E-state index is 0.663. The fraction of sp³-hybridized carbons (Fsp3) is 1.00. The fourth-order valence-electron chi connectivity index (χ4n) is 5.03. The molecule has 18 heavy (non-hydrogen) atoms. The van der Waals surface area contributed by atoms with Gasteiger partial charge in [0, 0.05) is 0 Å². The molecule has 0 saturated heterocycles. The van der Waals surface area contributed by atoms with Gasteiger partial charge in [-0.25, -0.2) is 0 Å². The first-order chi connectivity index (χ1) is 8.68. The summed E-state index contributed by atoms with van der Waals surface area (Å²) >= 11 is 0. The van der Waals surface area contributed by atoms with E-state index >= 15 is 0 Å². The van der Waals surface area contributed by atoms with E-state index < -0.39 is 0 Å². The van der Waals surface area contributed by atoms with E-state index in [1.165, 1.54) is 70.6 Å². The lowest BCUT2D eigenvalue weighted by molar-refractivity contribution is 0.00227. The number of rotatable bonds is 4. The molecule has 0 aromatic heterocycles. The van der Waals surface area contributed by atoms with Crippen molar-refractivity contribution in [3.63, 3.8) is 0 Å². The maximum atomic E-state index is 2.64. The van der Waals surface area contributed by atoms with Gasteiger partial charge < -0.3 is 0 Å². The standard InChI is InChI=1S/C18H34/c1-4-10-17(16-12-6-5-7-13-16)18(3)14-9-8-11-15(18)2/h15-17H,4-14H2,1-3H3. The van der Waals surface area contributed by atoms with Crippen LogP contribution in [0.1, 0.15) is 91.4 Å². The third-order valence-electron chi connectivity index (χ3n) is 6.39. The second kappa shape index (κ2) is 6.44. The van der Waals surface area contributed by atoms with E-state index in [1.807, 2.05) is 0 Å². The molecule has 2 aliphatic rings. The van der Waals surface area contributed by atoms with E-state index in [4.69, 9.17) is 0 Å². The molecule has 0 radical (unpaired) electrons. The van der Waals surface area contributed by atoms with Gasteiger partial charge in [0.05, 0.1) is 0 Å². The van der Waals surface area contributed by atoms with Crippen molar-refractivity contribution in [2.75, 3.05) is 0 Å². The highest BCUT2D eigenvalue weighted by Crippen LogP contribution is 2.52. The highest BCUT2D eigenvalue weighted by Gasteiger charge is 2.43. The van der Waals surface area contributed by atoms with Crippen molar-refractivity contribution in [2.45, 2.75) is 91.4 Å². The monoisotopic (exact) mass is 250 g/mol. The summed E-state index contributed by atoms with van der Waals surface area (Å²) in [7, 11) is 0. The van der Waals surface area contributed by atoms with Crippen LogP contribution in [0.25, 0.3) is 0 Å². The highest BCUT2D eigenvalue weighted by atomic mass is 14.5. The minimum Gasteiger partial charge on any atom is -0.0654 e. The summed E-state index contributed by atoms with van der Waals surface area (Å²) in [5.74, 6) is 3.05. The van der Waals surface area contributed by atoms with Crippen LogP contribution < -0.4 is 0 Å². The van der Waals surface area contributed by atoms with E-state index in [1.54, 1.807) is 0 Å².